The summed E-state index contributed by atoms with van der Waals surface area (Å²) in [5.74, 6) is 1.76. The van der Waals surface area contributed by atoms with E-state index in [1.807, 2.05) is 0 Å². The molecular formula is C24H29N7. The minimum absolute atomic E-state index is 0.307. The van der Waals surface area contributed by atoms with Crippen LogP contribution in [0.25, 0.3) is 0 Å². The van der Waals surface area contributed by atoms with Gasteiger partial charge in [-0.05, 0) is 23.1 Å². The first-order chi connectivity index (χ1) is 15.2. The highest BCUT2D eigenvalue weighted by Crippen LogP contribution is 2.22. The summed E-state index contributed by atoms with van der Waals surface area (Å²) >= 11 is 0. The van der Waals surface area contributed by atoms with Crippen LogP contribution < -0.4 is 10.6 Å². The van der Waals surface area contributed by atoms with Crippen molar-refractivity contribution in [2.24, 2.45) is 0 Å². The van der Waals surface area contributed by atoms with Crippen molar-refractivity contribution < 1.29 is 0 Å². The lowest BCUT2D eigenvalue weighted by Gasteiger charge is -2.34. The summed E-state index contributed by atoms with van der Waals surface area (Å²) in [4.78, 5) is 20.8. The van der Waals surface area contributed by atoms with E-state index in [0.29, 0.717) is 18.4 Å². The highest BCUT2D eigenvalue weighted by Gasteiger charge is 2.21. The minimum atomic E-state index is 0.307. The second kappa shape index (κ2) is 8.99. The maximum absolute atomic E-state index is 6.06. The number of nitrogen functional groups attached to an aromatic ring is 1. The van der Waals surface area contributed by atoms with E-state index in [2.05, 4.69) is 79.3 Å². The zero-order valence-corrected chi connectivity index (χ0v) is 17.8. The van der Waals surface area contributed by atoms with E-state index in [0.717, 1.165) is 58.1 Å². The van der Waals surface area contributed by atoms with Gasteiger partial charge in [-0.2, -0.15) is 15.0 Å². The number of piperazine rings is 1. The molecule has 0 radical (unpaired) electrons. The van der Waals surface area contributed by atoms with Crippen molar-refractivity contribution in [3.05, 3.63) is 77.1 Å². The summed E-state index contributed by atoms with van der Waals surface area (Å²) in [5, 5.41) is 0. The number of aromatic nitrogens is 3. The van der Waals surface area contributed by atoms with Crippen LogP contribution in [0.4, 0.5) is 11.9 Å². The van der Waals surface area contributed by atoms with Crippen LogP contribution >= 0.6 is 0 Å². The molecule has 2 aromatic carbocycles. The van der Waals surface area contributed by atoms with Crippen LogP contribution in [0.1, 0.15) is 22.5 Å². The van der Waals surface area contributed by atoms with Crippen LogP contribution in [0.15, 0.2) is 54.6 Å². The fourth-order valence-corrected chi connectivity index (χ4v) is 4.45. The average Bonchev–Trinajstić information content (AvgIpc) is 2.80. The van der Waals surface area contributed by atoms with E-state index in [9.17, 15) is 0 Å². The molecule has 0 unspecified atom stereocenters. The highest BCUT2D eigenvalue weighted by molar-refractivity contribution is 5.41. The topological polar surface area (TPSA) is 74.4 Å². The number of nitrogens with two attached hydrogens (primary N) is 1. The molecule has 7 heteroatoms. The Balaban J connectivity index is 1.20. The van der Waals surface area contributed by atoms with E-state index in [4.69, 9.17) is 10.7 Å². The lowest BCUT2D eigenvalue weighted by molar-refractivity contribution is 0.120. The largest absolute Gasteiger partial charge is 0.368 e. The van der Waals surface area contributed by atoms with Crippen molar-refractivity contribution in [3.8, 4) is 0 Å². The van der Waals surface area contributed by atoms with E-state index in [-0.39, 0.29) is 0 Å². The normalized spacial score (nSPS) is 17.5. The molecule has 3 aromatic rings. The second-order valence-corrected chi connectivity index (χ2v) is 8.39. The number of anilines is 2. The first-order valence-corrected chi connectivity index (χ1v) is 11.0. The standard InChI is InChI=1S/C24H29N7/c25-23-26-22(18-30-14-12-29(13-15-30)16-19-6-2-1-3-7-19)27-24(28-23)31-11-10-20-8-4-5-9-21(20)17-31/h1-9H,10-18H2,(H2,25,26,27,28). The maximum Gasteiger partial charge on any atom is 0.230 e. The third-order valence-corrected chi connectivity index (χ3v) is 6.18. The number of benzene rings is 2. The maximum atomic E-state index is 6.06. The number of hydrogen-bond acceptors (Lipinski definition) is 7. The number of rotatable bonds is 5. The summed E-state index contributed by atoms with van der Waals surface area (Å²) in [6.45, 7) is 7.54. The predicted molar refractivity (Wildman–Crippen MR) is 122 cm³/mol. The molecule has 2 N–H and O–H groups in total. The summed E-state index contributed by atoms with van der Waals surface area (Å²) < 4.78 is 0. The van der Waals surface area contributed by atoms with Gasteiger partial charge >= 0.3 is 0 Å². The van der Waals surface area contributed by atoms with Gasteiger partial charge in [0.05, 0.1) is 6.54 Å². The van der Waals surface area contributed by atoms with Gasteiger partial charge in [0.1, 0.15) is 5.82 Å². The van der Waals surface area contributed by atoms with Crippen molar-refractivity contribution in [1.82, 2.24) is 24.8 Å². The molecule has 5 rings (SSSR count). The highest BCUT2D eigenvalue weighted by atomic mass is 15.3. The predicted octanol–water partition coefficient (Wildman–Crippen LogP) is 2.33. The average molecular weight is 416 g/mol. The first-order valence-electron chi connectivity index (χ1n) is 11.0. The second-order valence-electron chi connectivity index (χ2n) is 8.39. The van der Waals surface area contributed by atoms with Crippen molar-refractivity contribution in [2.75, 3.05) is 43.4 Å². The SMILES string of the molecule is Nc1nc(CN2CCN(Cc3ccccc3)CC2)nc(N2CCc3ccccc3C2)n1. The quantitative estimate of drug-likeness (QED) is 0.685. The molecule has 0 aliphatic carbocycles. The zero-order chi connectivity index (χ0) is 21.0. The lowest BCUT2D eigenvalue weighted by Crippen LogP contribution is -2.45. The van der Waals surface area contributed by atoms with Crippen LogP contribution in [0.2, 0.25) is 0 Å². The Bertz CT molecular complexity index is 1020. The Morgan fingerprint density at radius 3 is 2.16 bits per heavy atom. The summed E-state index contributed by atoms with van der Waals surface area (Å²) in [7, 11) is 0. The fraction of sp³-hybridized carbons (Fsp3) is 0.375. The molecule has 1 aromatic heterocycles. The van der Waals surface area contributed by atoms with Crippen LogP contribution in [0, 0.1) is 0 Å². The van der Waals surface area contributed by atoms with E-state index >= 15 is 0 Å². The fourth-order valence-electron chi connectivity index (χ4n) is 4.45. The first kappa shape index (κ1) is 19.9. The summed E-state index contributed by atoms with van der Waals surface area (Å²) in [6, 6.07) is 19.3. The molecule has 0 atom stereocenters. The van der Waals surface area contributed by atoms with Gasteiger partial charge in [-0.25, -0.2) is 0 Å². The number of fused-ring (bicyclic) bond motifs is 1. The van der Waals surface area contributed by atoms with E-state index in [1.54, 1.807) is 0 Å². The molecule has 7 nitrogen and oxygen atoms in total. The molecule has 31 heavy (non-hydrogen) atoms. The van der Waals surface area contributed by atoms with E-state index < -0.39 is 0 Å². The van der Waals surface area contributed by atoms with Crippen molar-refractivity contribution in [2.45, 2.75) is 26.1 Å². The molecule has 0 saturated carbocycles. The molecule has 160 valence electrons. The van der Waals surface area contributed by atoms with Gasteiger partial charge in [0.2, 0.25) is 11.9 Å². The minimum Gasteiger partial charge on any atom is -0.368 e. The van der Waals surface area contributed by atoms with Crippen LogP contribution in [0.3, 0.4) is 0 Å². The molecule has 3 heterocycles. The Labute approximate surface area is 183 Å². The third-order valence-electron chi connectivity index (χ3n) is 6.18. The molecule has 1 fully saturated rings. The van der Waals surface area contributed by atoms with Crippen molar-refractivity contribution >= 4 is 11.9 Å². The number of hydrogen-bond donors (Lipinski definition) is 1. The lowest BCUT2D eigenvalue weighted by atomic mass is 10.0. The molecular weight excluding hydrogens is 386 g/mol. The molecule has 0 spiro atoms. The van der Waals surface area contributed by atoms with Gasteiger partial charge in [0.25, 0.3) is 0 Å². The van der Waals surface area contributed by atoms with Gasteiger partial charge < -0.3 is 10.6 Å². The zero-order valence-electron chi connectivity index (χ0n) is 17.8. The molecule has 0 bridgehead atoms. The monoisotopic (exact) mass is 415 g/mol. The third kappa shape index (κ3) is 4.84. The van der Waals surface area contributed by atoms with Gasteiger partial charge in [-0.3, -0.25) is 9.80 Å². The Morgan fingerprint density at radius 1 is 0.710 bits per heavy atom. The van der Waals surface area contributed by atoms with Gasteiger partial charge in [-0.1, -0.05) is 54.6 Å². The Morgan fingerprint density at radius 2 is 1.39 bits per heavy atom. The molecule has 1 saturated heterocycles. The molecule has 0 amide bonds. The van der Waals surface area contributed by atoms with Gasteiger partial charge in [0, 0.05) is 45.8 Å². The Kier molecular flexibility index (Phi) is 5.78. The van der Waals surface area contributed by atoms with Crippen LogP contribution in [0.5, 0.6) is 0 Å². The van der Waals surface area contributed by atoms with Gasteiger partial charge in [0.15, 0.2) is 0 Å². The molecule has 2 aliphatic rings. The Hall–Kier alpha value is -3.03. The number of nitrogens with zero attached hydrogens (tertiary/aromatic N) is 6. The van der Waals surface area contributed by atoms with Crippen LogP contribution in [-0.2, 0) is 26.1 Å². The summed E-state index contributed by atoms with van der Waals surface area (Å²) in [5.41, 5.74) is 10.2. The summed E-state index contributed by atoms with van der Waals surface area (Å²) in [6.07, 6.45) is 1.00. The van der Waals surface area contributed by atoms with E-state index in [1.165, 1.54) is 16.7 Å². The van der Waals surface area contributed by atoms with Gasteiger partial charge in [-0.15, -0.1) is 0 Å². The van der Waals surface area contributed by atoms with Crippen molar-refractivity contribution in [1.29, 1.82) is 0 Å². The van der Waals surface area contributed by atoms with Crippen LogP contribution in [-0.4, -0.2) is 57.5 Å². The van der Waals surface area contributed by atoms with Crippen molar-refractivity contribution in [3.63, 3.8) is 0 Å². The molecule has 2 aliphatic heterocycles. The smallest absolute Gasteiger partial charge is 0.230 e.